The predicted molar refractivity (Wildman–Crippen MR) is 105 cm³/mol. The number of nitrogens with zero attached hydrogens (tertiary/aromatic N) is 1. The third-order valence-electron chi connectivity index (χ3n) is 3.92. The number of aryl methyl sites for hydroxylation is 1. The van der Waals surface area contributed by atoms with Gasteiger partial charge in [0.05, 0.1) is 10.2 Å². The molecule has 0 aliphatic carbocycles. The molecule has 0 unspecified atom stereocenters. The summed E-state index contributed by atoms with van der Waals surface area (Å²) < 4.78 is 6.85. The van der Waals surface area contributed by atoms with E-state index in [0.29, 0.717) is 16.4 Å². The van der Waals surface area contributed by atoms with E-state index in [1.807, 2.05) is 61.5 Å². The van der Waals surface area contributed by atoms with E-state index < -0.39 is 0 Å². The van der Waals surface area contributed by atoms with Gasteiger partial charge in [-0.15, -0.1) is 0 Å². The lowest BCUT2D eigenvalue weighted by atomic mass is 10.2. The molecule has 3 aromatic carbocycles. The van der Waals surface area contributed by atoms with Gasteiger partial charge in [0.25, 0.3) is 5.91 Å². The number of ether oxygens (including phenoxy) is 1. The number of carbonyl (C=O) groups excluding carboxylic acids is 1. The number of anilines is 1. The van der Waals surface area contributed by atoms with Gasteiger partial charge in [0, 0.05) is 5.56 Å². The Bertz CT molecular complexity index is 1070. The first-order chi connectivity index (χ1) is 12.7. The molecule has 4 aromatic rings. The minimum Gasteiger partial charge on any atom is -0.457 e. The molecule has 0 atom stereocenters. The van der Waals surface area contributed by atoms with Crippen molar-refractivity contribution < 1.29 is 9.53 Å². The summed E-state index contributed by atoms with van der Waals surface area (Å²) in [5, 5.41) is 3.47. The monoisotopic (exact) mass is 360 g/mol. The molecule has 0 bridgehead atoms. The smallest absolute Gasteiger partial charge is 0.257 e. The molecule has 5 heteroatoms. The molecule has 0 saturated carbocycles. The Morgan fingerprint density at radius 2 is 1.73 bits per heavy atom. The average Bonchev–Trinajstić information content (AvgIpc) is 3.07. The van der Waals surface area contributed by atoms with Crippen LogP contribution in [0.3, 0.4) is 0 Å². The number of benzene rings is 3. The summed E-state index contributed by atoms with van der Waals surface area (Å²) in [6.45, 7) is 2.01. The fourth-order valence-corrected chi connectivity index (χ4v) is 3.57. The normalized spacial score (nSPS) is 10.7. The second kappa shape index (κ2) is 6.98. The van der Waals surface area contributed by atoms with Crippen LogP contribution >= 0.6 is 11.3 Å². The average molecular weight is 360 g/mol. The van der Waals surface area contributed by atoms with Gasteiger partial charge >= 0.3 is 0 Å². The summed E-state index contributed by atoms with van der Waals surface area (Å²) >= 11 is 1.47. The molecule has 1 amide bonds. The first-order valence-corrected chi connectivity index (χ1v) is 9.01. The van der Waals surface area contributed by atoms with Crippen molar-refractivity contribution in [3.8, 4) is 11.5 Å². The molecule has 0 radical (unpaired) electrons. The minimum absolute atomic E-state index is 0.208. The highest BCUT2D eigenvalue weighted by Crippen LogP contribution is 2.28. The van der Waals surface area contributed by atoms with Crippen LogP contribution in [0.5, 0.6) is 11.5 Å². The van der Waals surface area contributed by atoms with Crippen LogP contribution in [0.15, 0.2) is 72.8 Å². The zero-order valence-electron chi connectivity index (χ0n) is 14.1. The lowest BCUT2D eigenvalue weighted by molar-refractivity contribution is 0.102. The van der Waals surface area contributed by atoms with E-state index in [1.54, 1.807) is 18.2 Å². The summed E-state index contributed by atoms with van der Waals surface area (Å²) in [6.07, 6.45) is 0. The molecule has 128 valence electrons. The number of nitrogens with one attached hydrogen (secondary N) is 1. The van der Waals surface area contributed by atoms with Crippen LogP contribution in [0.4, 0.5) is 5.13 Å². The van der Waals surface area contributed by atoms with Gasteiger partial charge in [-0.05, 0) is 48.9 Å². The Kier molecular flexibility index (Phi) is 4.37. The highest BCUT2D eigenvalue weighted by molar-refractivity contribution is 7.22. The number of aromatic nitrogens is 1. The van der Waals surface area contributed by atoms with E-state index in [1.165, 1.54) is 11.3 Å². The summed E-state index contributed by atoms with van der Waals surface area (Å²) in [6, 6.07) is 22.6. The molecule has 1 aromatic heterocycles. The van der Waals surface area contributed by atoms with E-state index in [2.05, 4.69) is 10.3 Å². The van der Waals surface area contributed by atoms with Gasteiger partial charge < -0.3 is 4.74 Å². The van der Waals surface area contributed by atoms with Gasteiger partial charge in [0.2, 0.25) is 0 Å². The van der Waals surface area contributed by atoms with Crippen LogP contribution in [-0.4, -0.2) is 10.9 Å². The molecular formula is C21H16N2O2S. The number of rotatable bonds is 4. The second-order valence-corrected chi connectivity index (χ2v) is 6.87. The van der Waals surface area contributed by atoms with Crippen molar-refractivity contribution >= 4 is 32.6 Å². The van der Waals surface area contributed by atoms with Crippen molar-refractivity contribution in [1.82, 2.24) is 4.98 Å². The van der Waals surface area contributed by atoms with Gasteiger partial charge in [-0.3, -0.25) is 10.1 Å². The summed E-state index contributed by atoms with van der Waals surface area (Å²) in [7, 11) is 0. The number of hydrogen-bond donors (Lipinski definition) is 1. The highest BCUT2D eigenvalue weighted by atomic mass is 32.1. The number of amides is 1. The Morgan fingerprint density at radius 1 is 0.962 bits per heavy atom. The van der Waals surface area contributed by atoms with Crippen molar-refractivity contribution in [3.63, 3.8) is 0 Å². The Hall–Kier alpha value is -3.18. The van der Waals surface area contributed by atoms with Gasteiger partial charge in [0.15, 0.2) is 5.13 Å². The number of hydrogen-bond acceptors (Lipinski definition) is 4. The fraction of sp³-hybridized carbons (Fsp3) is 0.0476. The second-order valence-electron chi connectivity index (χ2n) is 5.84. The molecule has 4 rings (SSSR count). The Balaban J connectivity index is 1.54. The molecule has 26 heavy (non-hydrogen) atoms. The predicted octanol–water partition coefficient (Wildman–Crippen LogP) is 5.65. The number of para-hydroxylation sites is 2. The standard InChI is InChI=1S/C21H16N2O2S/c1-14-7-5-12-18-19(14)22-21(26-18)23-20(24)15-8-6-11-17(13-15)25-16-9-3-2-4-10-16/h2-13H,1H3,(H,22,23,24). The summed E-state index contributed by atoms with van der Waals surface area (Å²) in [5.74, 6) is 1.14. The molecule has 1 heterocycles. The maximum absolute atomic E-state index is 12.6. The van der Waals surface area contributed by atoms with Gasteiger partial charge in [-0.25, -0.2) is 4.98 Å². The zero-order chi connectivity index (χ0) is 17.9. The van der Waals surface area contributed by atoms with E-state index in [9.17, 15) is 4.79 Å². The molecular weight excluding hydrogens is 344 g/mol. The van der Waals surface area contributed by atoms with Crippen molar-refractivity contribution in [1.29, 1.82) is 0 Å². The van der Waals surface area contributed by atoms with Gasteiger partial charge in [-0.2, -0.15) is 0 Å². The van der Waals surface area contributed by atoms with Crippen LogP contribution in [0.25, 0.3) is 10.2 Å². The largest absolute Gasteiger partial charge is 0.457 e. The van der Waals surface area contributed by atoms with Crippen LogP contribution < -0.4 is 10.1 Å². The number of fused-ring (bicyclic) bond motifs is 1. The van der Waals surface area contributed by atoms with Crippen molar-refractivity contribution in [3.05, 3.63) is 83.9 Å². The number of carbonyl (C=O) groups is 1. The fourth-order valence-electron chi connectivity index (χ4n) is 2.63. The van der Waals surface area contributed by atoms with Gasteiger partial charge in [-0.1, -0.05) is 47.7 Å². The van der Waals surface area contributed by atoms with E-state index in [4.69, 9.17) is 4.74 Å². The molecule has 0 aliphatic heterocycles. The first-order valence-electron chi connectivity index (χ1n) is 8.19. The van der Waals surface area contributed by atoms with Crippen molar-refractivity contribution in [2.75, 3.05) is 5.32 Å². The maximum atomic E-state index is 12.6. The lowest BCUT2D eigenvalue weighted by Gasteiger charge is -2.07. The molecule has 0 fully saturated rings. The van der Waals surface area contributed by atoms with Crippen LogP contribution in [0.1, 0.15) is 15.9 Å². The van der Waals surface area contributed by atoms with Crippen LogP contribution in [-0.2, 0) is 0 Å². The van der Waals surface area contributed by atoms with E-state index in [0.717, 1.165) is 21.5 Å². The zero-order valence-corrected chi connectivity index (χ0v) is 14.9. The van der Waals surface area contributed by atoms with Crippen LogP contribution in [0.2, 0.25) is 0 Å². The van der Waals surface area contributed by atoms with Crippen molar-refractivity contribution in [2.24, 2.45) is 0 Å². The molecule has 4 nitrogen and oxygen atoms in total. The summed E-state index contributed by atoms with van der Waals surface area (Å²) in [5.41, 5.74) is 2.54. The molecule has 1 N–H and O–H groups in total. The molecule has 0 saturated heterocycles. The first kappa shape index (κ1) is 16.3. The number of thiazole rings is 1. The molecule has 0 spiro atoms. The Morgan fingerprint density at radius 3 is 2.54 bits per heavy atom. The van der Waals surface area contributed by atoms with Crippen LogP contribution in [0, 0.1) is 6.92 Å². The third kappa shape index (κ3) is 3.43. The highest BCUT2D eigenvalue weighted by Gasteiger charge is 2.12. The quantitative estimate of drug-likeness (QED) is 0.512. The van der Waals surface area contributed by atoms with Crippen molar-refractivity contribution in [2.45, 2.75) is 6.92 Å². The Labute approximate surface area is 155 Å². The van der Waals surface area contributed by atoms with E-state index in [-0.39, 0.29) is 5.91 Å². The summed E-state index contributed by atoms with van der Waals surface area (Å²) in [4.78, 5) is 17.1. The minimum atomic E-state index is -0.208. The lowest BCUT2D eigenvalue weighted by Crippen LogP contribution is -2.11. The van der Waals surface area contributed by atoms with Gasteiger partial charge in [0.1, 0.15) is 11.5 Å². The topological polar surface area (TPSA) is 51.2 Å². The molecule has 0 aliphatic rings. The third-order valence-corrected chi connectivity index (χ3v) is 4.85. The maximum Gasteiger partial charge on any atom is 0.257 e. The van der Waals surface area contributed by atoms with E-state index >= 15 is 0 Å². The SMILES string of the molecule is Cc1cccc2sc(NC(=O)c3cccc(Oc4ccccc4)c3)nc12.